The Morgan fingerprint density at radius 1 is 1.47 bits per heavy atom. The minimum Gasteiger partial charge on any atom is -0.389 e. The van der Waals surface area contributed by atoms with E-state index in [0.29, 0.717) is 13.1 Å². The molecular weight excluding hydrogens is 208 g/mol. The molecule has 2 rings (SSSR count). The maximum Gasteiger partial charge on any atom is 0.128 e. The van der Waals surface area contributed by atoms with E-state index >= 15 is 0 Å². The summed E-state index contributed by atoms with van der Waals surface area (Å²) in [7, 11) is 0. The van der Waals surface area contributed by atoms with Crippen molar-refractivity contribution in [2.24, 2.45) is 0 Å². The van der Waals surface area contributed by atoms with E-state index in [9.17, 15) is 5.11 Å². The molecule has 0 aliphatic carbocycles. The monoisotopic (exact) mass is 224 g/mol. The van der Waals surface area contributed by atoms with Crippen LogP contribution in [0.25, 0.3) is 0 Å². The lowest BCUT2D eigenvalue weighted by molar-refractivity contribution is 0.141. The van der Waals surface area contributed by atoms with Crippen LogP contribution in [-0.4, -0.2) is 29.3 Å². The Bertz CT molecular complexity index is 339. The Hall–Kier alpha value is -0.740. The maximum atomic E-state index is 9.18. The van der Waals surface area contributed by atoms with Crippen LogP contribution < -0.4 is 4.90 Å². The summed E-state index contributed by atoms with van der Waals surface area (Å²) in [6, 6.07) is 4.03. The van der Waals surface area contributed by atoms with Crippen molar-refractivity contribution in [1.82, 2.24) is 4.98 Å². The Kier molecular flexibility index (Phi) is 2.64. The number of hydrogen-bond acceptors (Lipinski definition) is 4. The van der Waals surface area contributed by atoms with Crippen molar-refractivity contribution in [3.63, 3.8) is 0 Å². The summed E-state index contributed by atoms with van der Waals surface area (Å²) in [4.78, 5) is 6.42. The molecule has 4 heteroatoms. The van der Waals surface area contributed by atoms with Crippen LogP contribution in [0.1, 0.15) is 19.4 Å². The average molecular weight is 224 g/mol. The van der Waals surface area contributed by atoms with Crippen LogP contribution >= 0.6 is 12.6 Å². The van der Waals surface area contributed by atoms with E-state index in [0.717, 1.165) is 11.4 Å². The molecule has 1 aromatic heterocycles. The Morgan fingerprint density at radius 2 is 2.13 bits per heavy atom. The van der Waals surface area contributed by atoms with Gasteiger partial charge in [0.05, 0.1) is 6.10 Å². The molecule has 15 heavy (non-hydrogen) atoms. The quantitative estimate of drug-likeness (QED) is 0.746. The molecule has 0 bridgehead atoms. The lowest BCUT2D eigenvalue weighted by Crippen LogP contribution is -2.51. The number of aliphatic hydroxyl groups excluding tert-OH is 1. The first-order valence-corrected chi connectivity index (χ1v) is 5.53. The Labute approximate surface area is 95.5 Å². The molecule has 82 valence electrons. The average Bonchev–Trinajstić information content (AvgIpc) is 2.12. The van der Waals surface area contributed by atoms with E-state index in [1.165, 1.54) is 0 Å². The van der Waals surface area contributed by atoms with E-state index < -0.39 is 0 Å². The zero-order valence-electron chi connectivity index (χ0n) is 9.01. The zero-order valence-corrected chi connectivity index (χ0v) is 9.91. The minimum atomic E-state index is -0.187. The lowest BCUT2D eigenvalue weighted by atomic mass is 10.0. The van der Waals surface area contributed by atoms with Gasteiger partial charge in [-0.25, -0.2) is 4.98 Å². The van der Waals surface area contributed by atoms with Crippen LogP contribution in [0.5, 0.6) is 0 Å². The summed E-state index contributed by atoms with van der Waals surface area (Å²) in [5, 5.41) is 9.18. The second-order valence-corrected chi connectivity index (χ2v) is 5.64. The number of anilines is 1. The third-order valence-electron chi connectivity index (χ3n) is 2.64. The molecule has 0 atom stereocenters. The molecular formula is C11H16N2OS. The highest BCUT2D eigenvalue weighted by Crippen LogP contribution is 2.28. The molecule has 1 N–H and O–H groups in total. The fourth-order valence-electron chi connectivity index (χ4n) is 1.58. The molecule has 1 fully saturated rings. The summed E-state index contributed by atoms with van der Waals surface area (Å²) < 4.78 is -0.153. The first-order chi connectivity index (χ1) is 6.97. The predicted molar refractivity (Wildman–Crippen MR) is 64.5 cm³/mol. The summed E-state index contributed by atoms with van der Waals surface area (Å²) >= 11 is 4.49. The maximum absolute atomic E-state index is 9.18. The topological polar surface area (TPSA) is 36.4 Å². The first-order valence-electron chi connectivity index (χ1n) is 5.09. The molecule has 1 saturated heterocycles. The fourth-order valence-corrected chi connectivity index (χ4v) is 1.71. The van der Waals surface area contributed by atoms with Gasteiger partial charge in [0, 0.05) is 24.0 Å². The lowest BCUT2D eigenvalue weighted by Gasteiger charge is -2.37. The summed E-state index contributed by atoms with van der Waals surface area (Å²) in [6.07, 6.45) is 1.67. The molecule has 0 spiro atoms. The van der Waals surface area contributed by atoms with Crippen molar-refractivity contribution in [2.75, 3.05) is 18.0 Å². The number of thiol groups is 1. The van der Waals surface area contributed by atoms with Gasteiger partial charge in [-0.05, 0) is 25.5 Å². The van der Waals surface area contributed by atoms with Gasteiger partial charge in [0.2, 0.25) is 0 Å². The van der Waals surface area contributed by atoms with E-state index in [4.69, 9.17) is 0 Å². The summed E-state index contributed by atoms with van der Waals surface area (Å²) in [6.45, 7) is 5.47. The number of hydrogen-bond donors (Lipinski definition) is 2. The van der Waals surface area contributed by atoms with E-state index in [-0.39, 0.29) is 10.9 Å². The van der Waals surface area contributed by atoms with Crippen molar-refractivity contribution in [2.45, 2.75) is 24.7 Å². The third-order valence-corrected chi connectivity index (χ3v) is 2.90. The normalized spacial score (nSPS) is 17.7. The van der Waals surface area contributed by atoms with Crippen LogP contribution in [0.15, 0.2) is 18.3 Å². The highest BCUT2D eigenvalue weighted by molar-refractivity contribution is 7.81. The third kappa shape index (κ3) is 2.26. The number of aliphatic hydroxyl groups is 1. The van der Waals surface area contributed by atoms with Gasteiger partial charge in [-0.1, -0.05) is 6.07 Å². The largest absolute Gasteiger partial charge is 0.389 e. The van der Waals surface area contributed by atoms with Crippen LogP contribution in [0.4, 0.5) is 5.82 Å². The van der Waals surface area contributed by atoms with E-state index in [1.54, 1.807) is 0 Å². The first kappa shape index (κ1) is 10.8. The Morgan fingerprint density at radius 3 is 2.53 bits per heavy atom. The zero-order chi connectivity index (χ0) is 11.1. The number of pyridine rings is 1. The number of rotatable bonds is 2. The van der Waals surface area contributed by atoms with Crippen LogP contribution in [0, 0.1) is 0 Å². The minimum absolute atomic E-state index is 0.153. The molecule has 0 saturated carbocycles. The molecule has 1 aliphatic heterocycles. The van der Waals surface area contributed by atoms with Crippen LogP contribution in [0.2, 0.25) is 0 Å². The SMILES string of the molecule is CC(C)(S)c1ccc(N2CC(O)C2)nc1. The van der Waals surface area contributed by atoms with Crippen LogP contribution in [0.3, 0.4) is 0 Å². The van der Waals surface area contributed by atoms with Crippen molar-refractivity contribution in [3.8, 4) is 0 Å². The van der Waals surface area contributed by atoms with Gasteiger partial charge in [-0.3, -0.25) is 0 Å². The summed E-state index contributed by atoms with van der Waals surface area (Å²) in [5.74, 6) is 0.932. The standard InChI is InChI=1S/C11H16N2OS/c1-11(2,15)8-3-4-10(12-5-8)13-6-9(14)7-13/h3-5,9,14-15H,6-7H2,1-2H3. The molecule has 3 nitrogen and oxygen atoms in total. The number of nitrogens with zero attached hydrogens (tertiary/aromatic N) is 2. The van der Waals surface area contributed by atoms with Gasteiger partial charge in [0.1, 0.15) is 5.82 Å². The smallest absolute Gasteiger partial charge is 0.128 e. The molecule has 2 heterocycles. The molecule has 0 aromatic carbocycles. The highest BCUT2D eigenvalue weighted by Gasteiger charge is 2.25. The van der Waals surface area contributed by atoms with Crippen LogP contribution in [-0.2, 0) is 4.75 Å². The highest BCUT2D eigenvalue weighted by atomic mass is 32.1. The van der Waals surface area contributed by atoms with Gasteiger partial charge in [-0.15, -0.1) is 0 Å². The van der Waals surface area contributed by atoms with E-state index in [2.05, 4.69) is 22.5 Å². The van der Waals surface area contributed by atoms with Crippen molar-refractivity contribution >= 4 is 18.4 Å². The van der Waals surface area contributed by atoms with Gasteiger partial charge in [0.15, 0.2) is 0 Å². The fraction of sp³-hybridized carbons (Fsp3) is 0.545. The molecule has 0 amide bonds. The summed E-state index contributed by atoms with van der Waals surface area (Å²) in [5.41, 5.74) is 1.11. The van der Waals surface area contributed by atoms with Crippen molar-refractivity contribution < 1.29 is 5.11 Å². The molecule has 1 aliphatic rings. The van der Waals surface area contributed by atoms with Gasteiger partial charge >= 0.3 is 0 Å². The Balaban J connectivity index is 2.11. The number of aromatic nitrogens is 1. The van der Waals surface area contributed by atoms with Gasteiger partial charge < -0.3 is 10.0 Å². The second kappa shape index (κ2) is 3.68. The molecule has 1 aromatic rings. The van der Waals surface area contributed by atoms with Crippen molar-refractivity contribution in [1.29, 1.82) is 0 Å². The van der Waals surface area contributed by atoms with Gasteiger partial charge in [0.25, 0.3) is 0 Å². The number of β-amino-alcohol motifs (C(OH)–C–C–N with tert-alkyl or cyclic N) is 1. The molecule has 0 radical (unpaired) electrons. The van der Waals surface area contributed by atoms with E-state index in [1.807, 2.05) is 32.2 Å². The van der Waals surface area contributed by atoms with Crippen molar-refractivity contribution in [3.05, 3.63) is 23.9 Å². The molecule has 0 unspecified atom stereocenters. The second-order valence-electron chi connectivity index (χ2n) is 4.52. The van der Waals surface area contributed by atoms with Gasteiger partial charge in [-0.2, -0.15) is 12.6 Å². The predicted octanol–water partition coefficient (Wildman–Crippen LogP) is 1.43.